The summed E-state index contributed by atoms with van der Waals surface area (Å²) >= 11 is 3.58. The molecule has 0 unspecified atom stereocenters. The molecule has 0 atom stereocenters. The van der Waals surface area contributed by atoms with E-state index in [2.05, 4.69) is 76.6 Å². The second kappa shape index (κ2) is 6.14. The van der Waals surface area contributed by atoms with Gasteiger partial charge in [-0.05, 0) is 40.1 Å². The molecule has 0 amide bonds. The highest BCUT2D eigenvalue weighted by Crippen LogP contribution is 2.41. The molecular weight excluding hydrogens is 358 g/mol. The van der Waals surface area contributed by atoms with Gasteiger partial charge < -0.3 is 5.73 Å². The highest BCUT2D eigenvalue weighted by Gasteiger charge is 2.14. The average molecular weight is 374 g/mol. The molecule has 1 nitrogen and oxygen atoms in total. The van der Waals surface area contributed by atoms with Gasteiger partial charge in [0.2, 0.25) is 0 Å². The molecule has 0 saturated heterocycles. The lowest BCUT2D eigenvalue weighted by molar-refractivity contribution is 1.60. The lowest BCUT2D eigenvalue weighted by Gasteiger charge is -2.16. The Labute approximate surface area is 149 Å². The Hall–Kier alpha value is -2.58. The largest absolute Gasteiger partial charge is 0.398 e. The molecule has 0 saturated carbocycles. The van der Waals surface area contributed by atoms with Crippen LogP contribution in [0.15, 0.2) is 89.4 Å². The van der Waals surface area contributed by atoms with Crippen LogP contribution in [0.4, 0.5) is 5.69 Å². The van der Waals surface area contributed by atoms with E-state index in [-0.39, 0.29) is 0 Å². The third-order valence-electron chi connectivity index (χ3n) is 4.29. The fourth-order valence-electron chi connectivity index (χ4n) is 3.17. The van der Waals surface area contributed by atoms with Gasteiger partial charge in [0.25, 0.3) is 0 Å². The summed E-state index contributed by atoms with van der Waals surface area (Å²) in [5.74, 6) is 0. The summed E-state index contributed by atoms with van der Waals surface area (Å²) in [7, 11) is 0. The van der Waals surface area contributed by atoms with Crippen LogP contribution >= 0.6 is 15.9 Å². The molecule has 4 aromatic rings. The van der Waals surface area contributed by atoms with Gasteiger partial charge in [0.15, 0.2) is 0 Å². The monoisotopic (exact) mass is 373 g/mol. The summed E-state index contributed by atoms with van der Waals surface area (Å²) in [6.45, 7) is 0. The van der Waals surface area contributed by atoms with Crippen LogP contribution in [0.25, 0.3) is 33.0 Å². The molecule has 4 aromatic carbocycles. The normalized spacial score (nSPS) is 10.9. The Morgan fingerprint density at radius 2 is 1.29 bits per heavy atom. The zero-order valence-corrected chi connectivity index (χ0v) is 14.6. The number of anilines is 1. The average Bonchev–Trinajstić information content (AvgIpc) is 2.63. The van der Waals surface area contributed by atoms with E-state index < -0.39 is 0 Å². The van der Waals surface area contributed by atoms with Crippen LogP contribution in [0.3, 0.4) is 0 Å². The van der Waals surface area contributed by atoms with Crippen molar-refractivity contribution in [1.29, 1.82) is 0 Å². The molecule has 0 aromatic heterocycles. The molecule has 2 N–H and O–H groups in total. The summed E-state index contributed by atoms with van der Waals surface area (Å²) in [5, 5.41) is 2.35. The van der Waals surface area contributed by atoms with Crippen molar-refractivity contribution in [1.82, 2.24) is 0 Å². The number of halogens is 1. The molecule has 0 heterocycles. The van der Waals surface area contributed by atoms with E-state index in [1.807, 2.05) is 24.3 Å². The number of nitrogens with two attached hydrogens (primary N) is 1. The zero-order valence-electron chi connectivity index (χ0n) is 13.0. The minimum atomic E-state index is 0.822. The molecular formula is C22H16BrN. The predicted octanol–water partition coefficient (Wildman–Crippen LogP) is 6.52. The minimum Gasteiger partial charge on any atom is -0.398 e. The second-order valence-corrected chi connectivity index (χ2v) is 6.73. The van der Waals surface area contributed by atoms with E-state index in [1.165, 1.54) is 10.8 Å². The molecule has 0 radical (unpaired) electrons. The fourth-order valence-corrected chi connectivity index (χ4v) is 3.54. The Kier molecular flexibility index (Phi) is 3.83. The van der Waals surface area contributed by atoms with E-state index in [4.69, 9.17) is 5.73 Å². The molecule has 24 heavy (non-hydrogen) atoms. The van der Waals surface area contributed by atoms with Gasteiger partial charge in [-0.2, -0.15) is 0 Å². The van der Waals surface area contributed by atoms with Gasteiger partial charge in [0, 0.05) is 21.3 Å². The summed E-state index contributed by atoms with van der Waals surface area (Å²) in [6, 6.07) is 29.2. The highest BCUT2D eigenvalue weighted by atomic mass is 79.9. The number of hydrogen-bond donors (Lipinski definition) is 1. The van der Waals surface area contributed by atoms with E-state index in [0.717, 1.165) is 32.4 Å². The molecule has 4 rings (SSSR count). The third kappa shape index (κ3) is 2.59. The van der Waals surface area contributed by atoms with E-state index in [1.54, 1.807) is 0 Å². The smallest absolute Gasteiger partial charge is 0.0479 e. The minimum absolute atomic E-state index is 0.822. The first-order valence-corrected chi connectivity index (χ1v) is 8.66. The summed E-state index contributed by atoms with van der Waals surface area (Å²) in [4.78, 5) is 0. The Morgan fingerprint density at radius 1 is 0.667 bits per heavy atom. The summed E-state index contributed by atoms with van der Waals surface area (Å²) < 4.78 is 1.07. The quantitative estimate of drug-likeness (QED) is 0.397. The number of fused-ring (bicyclic) bond motifs is 1. The number of rotatable bonds is 2. The van der Waals surface area contributed by atoms with Gasteiger partial charge in [-0.15, -0.1) is 0 Å². The molecule has 116 valence electrons. The van der Waals surface area contributed by atoms with Crippen molar-refractivity contribution in [3.8, 4) is 22.3 Å². The number of benzene rings is 4. The lowest BCUT2D eigenvalue weighted by atomic mass is 9.91. The zero-order chi connectivity index (χ0) is 16.5. The van der Waals surface area contributed by atoms with Crippen LogP contribution in [0.2, 0.25) is 0 Å². The highest BCUT2D eigenvalue weighted by molar-refractivity contribution is 9.10. The maximum atomic E-state index is 6.64. The van der Waals surface area contributed by atoms with Crippen molar-refractivity contribution in [2.24, 2.45) is 0 Å². The van der Waals surface area contributed by atoms with Crippen LogP contribution in [-0.4, -0.2) is 0 Å². The first kappa shape index (κ1) is 15.0. The van der Waals surface area contributed by atoms with Gasteiger partial charge in [-0.25, -0.2) is 0 Å². The van der Waals surface area contributed by atoms with Crippen LogP contribution in [-0.2, 0) is 0 Å². The molecule has 0 aliphatic carbocycles. The Bertz CT molecular complexity index is 1010. The van der Waals surface area contributed by atoms with Crippen LogP contribution in [0, 0.1) is 0 Å². The van der Waals surface area contributed by atoms with Crippen LogP contribution in [0.1, 0.15) is 0 Å². The molecule has 0 spiro atoms. The topological polar surface area (TPSA) is 26.0 Å². The van der Waals surface area contributed by atoms with Crippen molar-refractivity contribution in [3.63, 3.8) is 0 Å². The summed E-state index contributed by atoms with van der Waals surface area (Å²) in [6.07, 6.45) is 0. The van der Waals surface area contributed by atoms with E-state index in [0.29, 0.717) is 0 Å². The van der Waals surface area contributed by atoms with Gasteiger partial charge in [-0.3, -0.25) is 0 Å². The third-order valence-corrected chi connectivity index (χ3v) is 4.78. The number of nitrogen functional groups attached to an aromatic ring is 1. The van der Waals surface area contributed by atoms with Gasteiger partial charge >= 0.3 is 0 Å². The van der Waals surface area contributed by atoms with Crippen molar-refractivity contribution in [3.05, 3.63) is 89.4 Å². The standard InChI is InChI=1S/C22H16BrN/c23-18-11-12-19-17(13-18)14-20(15-7-3-1-4-8-15)22(24)21(19)16-9-5-2-6-10-16/h1-14H,24H2. The molecule has 0 aliphatic rings. The van der Waals surface area contributed by atoms with Gasteiger partial charge in [-0.1, -0.05) is 82.7 Å². The summed E-state index contributed by atoms with van der Waals surface area (Å²) in [5.41, 5.74) is 11.9. The van der Waals surface area contributed by atoms with Crippen molar-refractivity contribution in [2.45, 2.75) is 0 Å². The van der Waals surface area contributed by atoms with Gasteiger partial charge in [0.05, 0.1) is 0 Å². The lowest BCUT2D eigenvalue weighted by Crippen LogP contribution is -1.96. The SMILES string of the molecule is Nc1c(-c2ccccc2)cc2cc(Br)ccc2c1-c1ccccc1. The molecule has 0 bridgehead atoms. The van der Waals surface area contributed by atoms with Crippen LogP contribution in [0.5, 0.6) is 0 Å². The maximum absolute atomic E-state index is 6.64. The first-order chi connectivity index (χ1) is 11.7. The van der Waals surface area contributed by atoms with Gasteiger partial charge in [0.1, 0.15) is 0 Å². The molecule has 0 fully saturated rings. The number of hydrogen-bond acceptors (Lipinski definition) is 1. The predicted molar refractivity (Wildman–Crippen MR) is 107 cm³/mol. The van der Waals surface area contributed by atoms with Crippen LogP contribution < -0.4 is 5.73 Å². The van der Waals surface area contributed by atoms with Crippen molar-refractivity contribution in [2.75, 3.05) is 5.73 Å². The van der Waals surface area contributed by atoms with E-state index in [9.17, 15) is 0 Å². The van der Waals surface area contributed by atoms with Crippen molar-refractivity contribution >= 4 is 32.4 Å². The fraction of sp³-hybridized carbons (Fsp3) is 0. The van der Waals surface area contributed by atoms with E-state index >= 15 is 0 Å². The molecule has 0 aliphatic heterocycles. The Morgan fingerprint density at radius 3 is 1.96 bits per heavy atom. The Balaban J connectivity index is 2.11. The second-order valence-electron chi connectivity index (χ2n) is 5.81. The van der Waals surface area contributed by atoms with Crippen molar-refractivity contribution < 1.29 is 0 Å². The molecule has 2 heteroatoms. The first-order valence-electron chi connectivity index (χ1n) is 7.86. The maximum Gasteiger partial charge on any atom is 0.0479 e.